The Labute approximate surface area is 192 Å². The lowest BCUT2D eigenvalue weighted by Gasteiger charge is -2.22. The van der Waals surface area contributed by atoms with Crippen molar-refractivity contribution in [2.75, 3.05) is 0 Å². The Balaban J connectivity index is 0.00000149. The molecule has 1 amide bonds. The Bertz CT molecular complexity index is 1240. The van der Waals surface area contributed by atoms with E-state index in [-0.39, 0.29) is 11.9 Å². The normalized spacial score (nSPS) is 14.6. The van der Waals surface area contributed by atoms with Gasteiger partial charge < -0.3 is 0 Å². The third kappa shape index (κ3) is 5.14. The first-order chi connectivity index (χ1) is 16.0. The number of rotatable bonds is 6. The van der Waals surface area contributed by atoms with E-state index in [0.29, 0.717) is 42.5 Å². The summed E-state index contributed by atoms with van der Waals surface area (Å²) in [6.45, 7) is 10.5. The molecule has 1 unspecified atom stereocenters. The molecule has 0 saturated heterocycles. The number of hydrazone groups is 1. The van der Waals surface area contributed by atoms with Crippen molar-refractivity contribution in [1.29, 1.82) is 5.26 Å². The Morgan fingerprint density at radius 3 is 2.82 bits per heavy atom. The number of hydrogen-bond acceptors (Lipinski definition) is 5. The fourth-order valence-corrected chi connectivity index (χ4v) is 3.75. The van der Waals surface area contributed by atoms with Crippen LogP contribution in [0.2, 0.25) is 0 Å². The highest BCUT2D eigenvalue weighted by Gasteiger charge is 2.29. The number of halogens is 1. The molecule has 0 bridgehead atoms. The molecule has 0 fully saturated rings. The summed E-state index contributed by atoms with van der Waals surface area (Å²) in [5, 5.41) is 20.2. The van der Waals surface area contributed by atoms with E-state index in [9.17, 15) is 9.18 Å². The number of nitrogens with zero attached hydrogens (tertiary/aromatic N) is 6. The molecule has 7 nitrogen and oxygen atoms in total. The first kappa shape index (κ1) is 23.8. The minimum atomic E-state index is -0.445. The highest BCUT2D eigenvalue weighted by molar-refractivity contribution is 5.94. The summed E-state index contributed by atoms with van der Waals surface area (Å²) < 4.78 is 15.4. The summed E-state index contributed by atoms with van der Waals surface area (Å²) in [4.78, 5) is 16.7. The average Bonchev–Trinajstić information content (AvgIpc) is 3.45. The second kappa shape index (κ2) is 10.6. The molecule has 1 aromatic carbocycles. The first-order valence-electron chi connectivity index (χ1n) is 11.0. The van der Waals surface area contributed by atoms with E-state index in [2.05, 4.69) is 27.8 Å². The first-order valence-corrected chi connectivity index (χ1v) is 11.0. The molecule has 2 aromatic heterocycles. The van der Waals surface area contributed by atoms with Crippen molar-refractivity contribution in [2.45, 2.75) is 52.6 Å². The van der Waals surface area contributed by atoms with Gasteiger partial charge in [-0.1, -0.05) is 20.4 Å². The van der Waals surface area contributed by atoms with E-state index < -0.39 is 5.82 Å². The van der Waals surface area contributed by atoms with Crippen molar-refractivity contribution in [3.63, 3.8) is 0 Å². The van der Waals surface area contributed by atoms with Crippen molar-refractivity contribution in [3.8, 4) is 6.07 Å². The summed E-state index contributed by atoms with van der Waals surface area (Å²) >= 11 is 0. The number of hydrogen-bond donors (Lipinski definition) is 0. The number of carbonyl (C=O) groups excluding carboxylic acids is 1. The lowest BCUT2D eigenvalue weighted by Crippen LogP contribution is -2.28. The van der Waals surface area contributed by atoms with Gasteiger partial charge in [-0.05, 0) is 49.6 Å². The maximum absolute atomic E-state index is 13.5. The number of fused-ring (bicyclic) bond motifs is 1. The van der Waals surface area contributed by atoms with E-state index >= 15 is 0 Å². The molecule has 1 atom stereocenters. The minimum Gasteiger partial charge on any atom is -0.269 e. The van der Waals surface area contributed by atoms with E-state index in [0.717, 1.165) is 22.8 Å². The maximum Gasteiger partial charge on any atom is 0.269 e. The molecule has 0 radical (unpaired) electrons. The largest absolute Gasteiger partial charge is 0.269 e. The number of carbonyl (C=O) groups is 1. The van der Waals surface area contributed by atoms with Crippen LogP contribution >= 0.6 is 0 Å². The van der Waals surface area contributed by atoms with Gasteiger partial charge in [0.05, 0.1) is 29.4 Å². The van der Waals surface area contributed by atoms with Crippen molar-refractivity contribution >= 4 is 23.0 Å². The van der Waals surface area contributed by atoms with Gasteiger partial charge in [0.2, 0.25) is 0 Å². The second-order valence-electron chi connectivity index (χ2n) is 7.50. The number of aryl methyl sites for hydroxylation is 2. The number of nitriles is 1. The second-order valence-corrected chi connectivity index (χ2v) is 7.50. The lowest BCUT2D eigenvalue weighted by molar-refractivity contribution is -0.129. The van der Waals surface area contributed by atoms with Gasteiger partial charge in [0.1, 0.15) is 5.82 Å². The van der Waals surface area contributed by atoms with Crippen LogP contribution in [0.25, 0.3) is 10.9 Å². The molecule has 0 saturated carbocycles. The monoisotopic (exact) mass is 446 g/mol. The fraction of sp³-hybridized carbons (Fsp3) is 0.320. The summed E-state index contributed by atoms with van der Waals surface area (Å²) in [5.74, 6) is -0.719. The molecule has 8 heteroatoms. The summed E-state index contributed by atoms with van der Waals surface area (Å²) in [6.07, 6.45) is 6.00. The zero-order chi connectivity index (χ0) is 24.0. The van der Waals surface area contributed by atoms with Crippen LogP contribution in [0.3, 0.4) is 0 Å². The molecule has 0 aliphatic carbocycles. The van der Waals surface area contributed by atoms with Gasteiger partial charge >= 0.3 is 0 Å². The third-order valence-electron chi connectivity index (χ3n) is 5.43. The van der Waals surface area contributed by atoms with Crippen LogP contribution in [-0.2, 0) is 11.3 Å². The standard InChI is InChI=1S/C23H21FN6O.C2H6/c1-15(23(31)30-22(7-8-27-30)18-11-19(24)14-26-13-18)4-3-9-29-16(2)20-10-17(12-25)5-6-21(20)28-29;1-2/h5-6,8,10-11,13-14,22H,1,3-4,7,9H2,2H3;1-2H3. The topological polar surface area (TPSA) is 87.2 Å². The molecule has 1 aliphatic heterocycles. The van der Waals surface area contributed by atoms with E-state index in [1.807, 2.05) is 37.6 Å². The Hall–Kier alpha value is -3.86. The van der Waals surface area contributed by atoms with Crippen LogP contribution < -0.4 is 0 Å². The van der Waals surface area contributed by atoms with Crippen molar-refractivity contribution in [3.05, 3.63) is 71.4 Å². The summed E-state index contributed by atoms with van der Waals surface area (Å²) in [6, 6.07) is 8.57. The Morgan fingerprint density at radius 1 is 1.30 bits per heavy atom. The number of aromatic nitrogens is 3. The predicted octanol–water partition coefficient (Wildman–Crippen LogP) is 5.07. The molecule has 4 rings (SSSR count). The minimum absolute atomic E-state index is 0.274. The SMILES string of the molecule is C=C(CCCn1nc2ccc(C#N)cc2c1C)C(=O)N1N=CCC1c1cncc(F)c1.CC. The molecular weight excluding hydrogens is 419 g/mol. The number of pyridine rings is 1. The maximum atomic E-state index is 13.5. The summed E-state index contributed by atoms with van der Waals surface area (Å²) in [5.41, 5.74) is 3.46. The number of amides is 1. The van der Waals surface area contributed by atoms with Crippen LogP contribution in [0.4, 0.5) is 4.39 Å². The van der Waals surface area contributed by atoms with E-state index in [1.54, 1.807) is 18.5 Å². The van der Waals surface area contributed by atoms with Crippen LogP contribution in [0.15, 0.2) is 53.9 Å². The highest BCUT2D eigenvalue weighted by Crippen LogP contribution is 2.30. The Morgan fingerprint density at radius 2 is 2.09 bits per heavy atom. The lowest BCUT2D eigenvalue weighted by atomic mass is 10.0. The smallest absolute Gasteiger partial charge is 0.269 e. The van der Waals surface area contributed by atoms with Gasteiger partial charge in [0.25, 0.3) is 5.91 Å². The van der Waals surface area contributed by atoms with Crippen LogP contribution in [0.5, 0.6) is 0 Å². The molecule has 33 heavy (non-hydrogen) atoms. The van der Waals surface area contributed by atoms with Gasteiger partial charge in [-0.3, -0.25) is 14.5 Å². The molecule has 0 spiro atoms. The quantitative estimate of drug-likeness (QED) is 0.495. The predicted molar refractivity (Wildman–Crippen MR) is 126 cm³/mol. The Kier molecular flexibility index (Phi) is 7.67. The zero-order valence-corrected chi connectivity index (χ0v) is 19.1. The van der Waals surface area contributed by atoms with Gasteiger partial charge in [-0.15, -0.1) is 0 Å². The van der Waals surface area contributed by atoms with Gasteiger partial charge in [0.15, 0.2) is 0 Å². The molecule has 3 aromatic rings. The molecule has 170 valence electrons. The van der Waals surface area contributed by atoms with Crippen molar-refractivity contribution in [1.82, 2.24) is 19.8 Å². The molecule has 3 heterocycles. The fourth-order valence-electron chi connectivity index (χ4n) is 3.75. The van der Waals surface area contributed by atoms with Crippen LogP contribution in [0, 0.1) is 24.1 Å². The molecular formula is C25H27FN6O. The van der Waals surface area contributed by atoms with Crippen molar-refractivity contribution in [2.24, 2.45) is 5.10 Å². The van der Waals surface area contributed by atoms with Crippen molar-refractivity contribution < 1.29 is 9.18 Å². The van der Waals surface area contributed by atoms with Gasteiger partial charge in [-0.2, -0.15) is 15.5 Å². The summed E-state index contributed by atoms with van der Waals surface area (Å²) in [7, 11) is 0. The molecule has 1 aliphatic rings. The number of benzene rings is 1. The van der Waals surface area contributed by atoms with Gasteiger partial charge in [0, 0.05) is 42.0 Å². The zero-order valence-electron chi connectivity index (χ0n) is 19.1. The highest BCUT2D eigenvalue weighted by atomic mass is 19.1. The van der Waals surface area contributed by atoms with Crippen LogP contribution in [-0.4, -0.2) is 31.9 Å². The molecule has 0 N–H and O–H groups in total. The van der Waals surface area contributed by atoms with E-state index in [4.69, 9.17) is 5.26 Å². The van der Waals surface area contributed by atoms with E-state index in [1.165, 1.54) is 11.1 Å². The third-order valence-corrected chi connectivity index (χ3v) is 5.43. The average molecular weight is 447 g/mol. The van der Waals surface area contributed by atoms with Gasteiger partial charge in [-0.25, -0.2) is 9.40 Å². The van der Waals surface area contributed by atoms with Crippen LogP contribution in [0.1, 0.15) is 56.0 Å².